The molecule has 1 heterocycles. The van der Waals surface area contributed by atoms with Crippen LogP contribution >= 0.6 is 27.5 Å². The molecule has 28 heavy (non-hydrogen) atoms. The molecule has 1 amide bonds. The fourth-order valence-corrected chi connectivity index (χ4v) is 3.31. The normalized spacial score (nSPS) is 10.6. The van der Waals surface area contributed by atoms with Crippen LogP contribution in [0.1, 0.15) is 12.0 Å². The number of anilines is 1. The molecule has 2 aromatic carbocycles. The summed E-state index contributed by atoms with van der Waals surface area (Å²) in [6.07, 6.45) is 1.54. The molecule has 0 spiro atoms. The number of amides is 1. The zero-order chi connectivity index (χ0) is 20.3. The van der Waals surface area contributed by atoms with Gasteiger partial charge in [-0.2, -0.15) is 5.26 Å². The number of rotatable bonds is 5. The van der Waals surface area contributed by atoms with Crippen molar-refractivity contribution in [1.29, 1.82) is 5.26 Å². The van der Waals surface area contributed by atoms with Crippen molar-refractivity contribution in [3.63, 3.8) is 0 Å². The van der Waals surface area contributed by atoms with Gasteiger partial charge >= 0.3 is 0 Å². The maximum atomic E-state index is 13.0. The van der Waals surface area contributed by atoms with Gasteiger partial charge in [0.25, 0.3) is 5.56 Å². The Bertz CT molecular complexity index is 1150. The quantitative estimate of drug-likeness (QED) is 0.576. The number of carbonyl (C=O) groups excluding carboxylic acids is 1. The molecule has 0 saturated carbocycles. The van der Waals surface area contributed by atoms with E-state index in [1.165, 1.54) is 15.8 Å². The van der Waals surface area contributed by atoms with E-state index in [-0.39, 0.29) is 31.0 Å². The van der Waals surface area contributed by atoms with Crippen molar-refractivity contribution in [1.82, 2.24) is 9.55 Å². The van der Waals surface area contributed by atoms with Crippen LogP contribution in [-0.4, -0.2) is 22.0 Å². The molecule has 0 aliphatic heterocycles. The van der Waals surface area contributed by atoms with Crippen LogP contribution in [0.3, 0.4) is 0 Å². The van der Waals surface area contributed by atoms with Gasteiger partial charge in [0.05, 0.1) is 29.7 Å². The first-order chi connectivity index (χ1) is 13.4. The predicted molar refractivity (Wildman–Crippen MR) is 112 cm³/mol. The van der Waals surface area contributed by atoms with Crippen LogP contribution in [0.2, 0.25) is 5.02 Å². The lowest BCUT2D eigenvalue weighted by Gasteiger charge is -2.23. The number of nitriles is 1. The number of nitrogens with zero attached hydrogens (tertiary/aromatic N) is 4. The molecule has 6 nitrogen and oxygen atoms in total. The zero-order valence-electron chi connectivity index (χ0n) is 15.0. The molecule has 0 N–H and O–H groups in total. The average Bonchev–Trinajstić information content (AvgIpc) is 2.67. The Labute approximate surface area is 175 Å². The molecule has 0 saturated heterocycles. The predicted octanol–water partition coefficient (Wildman–Crippen LogP) is 4.07. The Kier molecular flexibility index (Phi) is 6.12. The van der Waals surface area contributed by atoms with Gasteiger partial charge in [0.1, 0.15) is 6.54 Å². The molecule has 0 radical (unpaired) electrons. The van der Waals surface area contributed by atoms with Crippen molar-refractivity contribution in [3.05, 3.63) is 68.1 Å². The summed E-state index contributed by atoms with van der Waals surface area (Å²) >= 11 is 9.42. The van der Waals surface area contributed by atoms with Crippen LogP contribution < -0.4 is 10.5 Å². The van der Waals surface area contributed by atoms with Crippen LogP contribution in [0.15, 0.2) is 52.0 Å². The Morgan fingerprint density at radius 1 is 1.32 bits per heavy atom. The molecule has 0 bridgehead atoms. The van der Waals surface area contributed by atoms with Gasteiger partial charge in [-0.1, -0.05) is 27.5 Å². The third kappa shape index (κ3) is 4.24. The molecule has 3 rings (SSSR count). The smallest absolute Gasteiger partial charge is 0.261 e. The first-order valence-corrected chi connectivity index (χ1v) is 9.66. The molecule has 3 aromatic rings. The highest BCUT2D eigenvalue weighted by molar-refractivity contribution is 9.10. The summed E-state index contributed by atoms with van der Waals surface area (Å²) in [6, 6.07) is 12.5. The van der Waals surface area contributed by atoms with Gasteiger partial charge in [0.2, 0.25) is 5.91 Å². The number of hydrogen-bond donors (Lipinski definition) is 0. The lowest BCUT2D eigenvalue weighted by atomic mass is 10.2. The molecule has 1 aromatic heterocycles. The summed E-state index contributed by atoms with van der Waals surface area (Å²) < 4.78 is 2.04. The number of halogens is 2. The second kappa shape index (κ2) is 8.55. The van der Waals surface area contributed by atoms with E-state index < -0.39 is 0 Å². The average molecular weight is 460 g/mol. The largest absolute Gasteiger partial charge is 0.310 e. The Morgan fingerprint density at radius 2 is 2.11 bits per heavy atom. The Morgan fingerprint density at radius 3 is 2.82 bits per heavy atom. The van der Waals surface area contributed by atoms with Gasteiger partial charge in [0.15, 0.2) is 0 Å². The fourth-order valence-electron chi connectivity index (χ4n) is 2.83. The van der Waals surface area contributed by atoms with Gasteiger partial charge in [0, 0.05) is 21.7 Å². The van der Waals surface area contributed by atoms with Crippen LogP contribution in [0.4, 0.5) is 5.69 Å². The molecule has 0 aliphatic carbocycles. The number of fused-ring (bicyclic) bond motifs is 1. The standard InChI is InChI=1S/C20H16BrClN4O2/c1-13-9-15(4-5-17(13)22)26(8-2-7-23)19(27)11-25-12-24-18-6-3-14(21)10-16(18)20(25)28/h3-6,9-10,12H,2,8,11H2,1H3. The second-order valence-corrected chi connectivity index (χ2v) is 7.55. The number of aromatic nitrogens is 2. The minimum atomic E-state index is -0.310. The zero-order valence-corrected chi connectivity index (χ0v) is 17.4. The first kappa shape index (κ1) is 20.1. The highest BCUT2D eigenvalue weighted by Gasteiger charge is 2.18. The molecule has 0 aliphatic rings. The van der Waals surface area contributed by atoms with Gasteiger partial charge in [-0.15, -0.1) is 0 Å². The number of benzene rings is 2. The summed E-state index contributed by atoms with van der Waals surface area (Å²) in [5.74, 6) is -0.310. The summed E-state index contributed by atoms with van der Waals surface area (Å²) in [6.45, 7) is 1.88. The highest BCUT2D eigenvalue weighted by atomic mass is 79.9. The lowest BCUT2D eigenvalue weighted by molar-refractivity contribution is -0.119. The number of hydrogen-bond acceptors (Lipinski definition) is 4. The van der Waals surface area contributed by atoms with E-state index in [0.717, 1.165) is 10.0 Å². The van der Waals surface area contributed by atoms with Crippen LogP contribution in [0.25, 0.3) is 10.9 Å². The van der Waals surface area contributed by atoms with E-state index in [1.807, 2.05) is 13.0 Å². The van der Waals surface area contributed by atoms with Crippen LogP contribution in [-0.2, 0) is 11.3 Å². The van der Waals surface area contributed by atoms with Gasteiger partial charge in [-0.05, 0) is 48.9 Å². The van der Waals surface area contributed by atoms with E-state index in [1.54, 1.807) is 36.4 Å². The van der Waals surface area contributed by atoms with Crippen LogP contribution in [0.5, 0.6) is 0 Å². The van der Waals surface area contributed by atoms with Crippen LogP contribution in [0, 0.1) is 18.3 Å². The molecular weight excluding hydrogens is 444 g/mol. The van der Waals surface area contributed by atoms with Gasteiger partial charge in [-0.25, -0.2) is 4.98 Å². The maximum Gasteiger partial charge on any atom is 0.261 e. The molecular formula is C20H16BrClN4O2. The van der Waals surface area contributed by atoms with E-state index in [2.05, 4.69) is 20.9 Å². The van der Waals surface area contributed by atoms with Crippen molar-refractivity contribution in [3.8, 4) is 6.07 Å². The van der Waals surface area contributed by atoms with E-state index in [4.69, 9.17) is 16.9 Å². The second-order valence-electron chi connectivity index (χ2n) is 6.23. The molecule has 0 fully saturated rings. The van der Waals surface area contributed by atoms with Gasteiger partial charge in [-0.3, -0.25) is 14.2 Å². The minimum absolute atomic E-state index is 0.172. The van der Waals surface area contributed by atoms with E-state index in [0.29, 0.717) is 21.6 Å². The molecule has 0 unspecified atom stereocenters. The third-order valence-electron chi connectivity index (χ3n) is 4.29. The Hall–Kier alpha value is -2.69. The van der Waals surface area contributed by atoms with E-state index in [9.17, 15) is 9.59 Å². The maximum absolute atomic E-state index is 13.0. The molecule has 142 valence electrons. The summed E-state index contributed by atoms with van der Waals surface area (Å²) in [4.78, 5) is 31.5. The molecule has 0 atom stereocenters. The lowest BCUT2D eigenvalue weighted by Crippen LogP contribution is -2.37. The fraction of sp³-hybridized carbons (Fsp3) is 0.200. The van der Waals surface area contributed by atoms with Crippen molar-refractivity contribution in [2.75, 3.05) is 11.4 Å². The minimum Gasteiger partial charge on any atom is -0.310 e. The van der Waals surface area contributed by atoms with E-state index >= 15 is 0 Å². The van der Waals surface area contributed by atoms with Gasteiger partial charge < -0.3 is 4.90 Å². The van der Waals surface area contributed by atoms with Crippen molar-refractivity contribution < 1.29 is 4.79 Å². The van der Waals surface area contributed by atoms with Crippen molar-refractivity contribution in [2.24, 2.45) is 0 Å². The molecule has 8 heteroatoms. The highest BCUT2D eigenvalue weighted by Crippen LogP contribution is 2.23. The summed E-state index contributed by atoms with van der Waals surface area (Å²) in [5, 5.41) is 9.96. The van der Waals surface area contributed by atoms with Crippen molar-refractivity contribution in [2.45, 2.75) is 19.9 Å². The topological polar surface area (TPSA) is 79.0 Å². The monoisotopic (exact) mass is 458 g/mol. The Balaban J connectivity index is 1.94. The first-order valence-electron chi connectivity index (χ1n) is 8.49. The summed E-state index contributed by atoms with van der Waals surface area (Å²) in [7, 11) is 0. The third-order valence-corrected chi connectivity index (χ3v) is 5.21. The number of carbonyl (C=O) groups is 1. The van der Waals surface area contributed by atoms with Crippen molar-refractivity contribution >= 4 is 50.0 Å². The summed E-state index contributed by atoms with van der Waals surface area (Å²) in [5.41, 5.74) is 1.72. The number of aryl methyl sites for hydroxylation is 1. The SMILES string of the molecule is Cc1cc(N(CCC#N)C(=O)Cn2cnc3ccc(Br)cc3c2=O)ccc1Cl.